The van der Waals surface area contributed by atoms with Crippen molar-refractivity contribution in [3.8, 4) is 0 Å². The fourth-order valence-electron chi connectivity index (χ4n) is 0.419. The molecule has 0 aliphatic carbocycles. The van der Waals surface area contributed by atoms with Crippen LogP contribution < -0.4 is 0 Å². The van der Waals surface area contributed by atoms with Gasteiger partial charge >= 0.3 is 5.97 Å². The Bertz CT molecular complexity index is 114. The van der Waals surface area contributed by atoms with E-state index in [9.17, 15) is 4.79 Å². The van der Waals surface area contributed by atoms with Gasteiger partial charge in [0, 0.05) is 0 Å². The third kappa shape index (κ3) is 3.36. The second kappa shape index (κ2) is 4.90. The molecule has 0 aliphatic rings. The number of esters is 1. The smallest absolute Gasteiger partial charge is 0.321 e. The highest BCUT2D eigenvalue weighted by Gasteiger charge is 2.20. The van der Waals surface area contributed by atoms with Crippen LogP contribution in [0.2, 0.25) is 0 Å². The van der Waals surface area contributed by atoms with Crippen LogP contribution in [-0.4, -0.2) is 27.7 Å². The van der Waals surface area contributed by atoms with Crippen molar-refractivity contribution >= 4 is 28.6 Å². The Morgan fingerprint density at radius 1 is 1.80 bits per heavy atom. The Morgan fingerprint density at radius 3 is 2.60 bits per heavy atom. The van der Waals surface area contributed by atoms with Crippen LogP contribution in [0, 0.1) is 0 Å². The van der Waals surface area contributed by atoms with Crippen LogP contribution in [0.1, 0.15) is 13.8 Å². The van der Waals surface area contributed by atoms with Gasteiger partial charge in [0.25, 0.3) is 0 Å². The van der Waals surface area contributed by atoms with Crippen molar-refractivity contribution in [1.29, 1.82) is 0 Å². The van der Waals surface area contributed by atoms with Gasteiger partial charge in [-0.05, 0) is 13.8 Å². The maximum Gasteiger partial charge on any atom is 0.321 e. The molecular weight excluding hydrogens is 247 g/mol. The molecule has 2 unspecified atom stereocenters. The number of halogens is 1. The Hall–Kier alpha value is 0.160. The summed E-state index contributed by atoms with van der Waals surface area (Å²) in [5, 5.41) is 8.91. The molecular formula is C6H11IO3. The van der Waals surface area contributed by atoms with Crippen LogP contribution in [0.3, 0.4) is 0 Å². The van der Waals surface area contributed by atoms with Crippen LogP contribution in [0.25, 0.3) is 0 Å². The molecule has 0 rings (SSSR count). The van der Waals surface area contributed by atoms with E-state index < -0.39 is 10.0 Å². The molecule has 0 aromatic carbocycles. The molecule has 0 aromatic rings. The van der Waals surface area contributed by atoms with Crippen LogP contribution in [0.4, 0.5) is 0 Å². The summed E-state index contributed by atoms with van der Waals surface area (Å²) < 4.78 is 4.21. The third-order valence-corrected chi connectivity index (χ3v) is 2.48. The number of hydrogen-bond acceptors (Lipinski definition) is 3. The molecule has 0 fully saturated rings. The maximum absolute atomic E-state index is 10.8. The quantitative estimate of drug-likeness (QED) is 0.461. The first kappa shape index (κ1) is 10.2. The highest BCUT2D eigenvalue weighted by Crippen LogP contribution is 2.07. The van der Waals surface area contributed by atoms with E-state index in [1.54, 1.807) is 13.8 Å². The van der Waals surface area contributed by atoms with E-state index in [1.165, 1.54) is 0 Å². The first-order chi connectivity index (χ1) is 4.59. The molecule has 0 heterocycles. The van der Waals surface area contributed by atoms with Gasteiger partial charge in [0.1, 0.15) is 3.92 Å². The predicted octanol–water partition coefficient (Wildman–Crippen LogP) is 0.734. The molecule has 2 atom stereocenters. The average molecular weight is 258 g/mol. The van der Waals surface area contributed by atoms with Gasteiger partial charge in [-0.15, -0.1) is 0 Å². The summed E-state index contributed by atoms with van der Waals surface area (Å²) in [6, 6.07) is 0. The van der Waals surface area contributed by atoms with E-state index >= 15 is 0 Å². The average Bonchev–Trinajstić information content (AvgIpc) is 1.87. The van der Waals surface area contributed by atoms with Gasteiger partial charge in [-0.3, -0.25) is 4.79 Å². The number of hydrogen-bond donors (Lipinski definition) is 1. The standard InChI is InChI=1S/C6H11IO3/c1-3-10-6(9)5(7)4(2)8/h4-5,8H,3H2,1-2H3. The van der Waals surface area contributed by atoms with E-state index in [0.29, 0.717) is 6.61 Å². The second-order valence-corrected chi connectivity index (χ2v) is 3.24. The summed E-state index contributed by atoms with van der Waals surface area (Å²) in [6.07, 6.45) is -0.639. The van der Waals surface area contributed by atoms with Crippen molar-refractivity contribution in [2.75, 3.05) is 6.61 Å². The Labute approximate surface area is 73.9 Å². The van der Waals surface area contributed by atoms with Crippen molar-refractivity contribution in [3.63, 3.8) is 0 Å². The van der Waals surface area contributed by atoms with Crippen molar-refractivity contribution in [2.45, 2.75) is 23.9 Å². The van der Waals surface area contributed by atoms with Crippen LogP contribution in [0.5, 0.6) is 0 Å². The van der Waals surface area contributed by atoms with E-state index in [0.717, 1.165) is 0 Å². The minimum atomic E-state index is -0.639. The van der Waals surface area contributed by atoms with E-state index in [1.807, 2.05) is 22.6 Å². The largest absolute Gasteiger partial charge is 0.465 e. The predicted molar refractivity (Wildman–Crippen MR) is 46.1 cm³/mol. The van der Waals surface area contributed by atoms with Gasteiger partial charge in [-0.2, -0.15) is 0 Å². The highest BCUT2D eigenvalue weighted by atomic mass is 127. The van der Waals surface area contributed by atoms with Crippen molar-refractivity contribution in [2.24, 2.45) is 0 Å². The number of alkyl halides is 1. The number of carbonyl (C=O) groups is 1. The van der Waals surface area contributed by atoms with Gasteiger partial charge in [-0.25, -0.2) is 0 Å². The first-order valence-corrected chi connectivity index (χ1v) is 4.33. The van der Waals surface area contributed by atoms with Crippen molar-refractivity contribution in [3.05, 3.63) is 0 Å². The van der Waals surface area contributed by atoms with Crippen LogP contribution >= 0.6 is 22.6 Å². The normalized spacial score (nSPS) is 16.0. The number of aliphatic hydroxyl groups is 1. The summed E-state index contributed by atoms with van der Waals surface area (Å²) in [4.78, 5) is 10.8. The lowest BCUT2D eigenvalue weighted by Crippen LogP contribution is -2.27. The van der Waals surface area contributed by atoms with E-state index in [4.69, 9.17) is 5.11 Å². The number of aliphatic hydroxyl groups excluding tert-OH is 1. The summed E-state index contributed by atoms with van der Waals surface area (Å²) in [5.74, 6) is -0.349. The molecule has 0 amide bonds. The second-order valence-electron chi connectivity index (χ2n) is 1.89. The Morgan fingerprint density at radius 2 is 2.30 bits per heavy atom. The molecule has 1 N–H and O–H groups in total. The lowest BCUT2D eigenvalue weighted by atomic mass is 10.3. The van der Waals surface area contributed by atoms with Gasteiger partial charge < -0.3 is 9.84 Å². The van der Waals surface area contributed by atoms with Gasteiger partial charge in [0.2, 0.25) is 0 Å². The maximum atomic E-state index is 10.8. The molecule has 0 saturated heterocycles. The summed E-state index contributed by atoms with van der Waals surface area (Å²) in [6.45, 7) is 3.67. The summed E-state index contributed by atoms with van der Waals surface area (Å²) in [7, 11) is 0. The fraction of sp³-hybridized carbons (Fsp3) is 0.833. The Kier molecular flexibility index (Phi) is 4.98. The van der Waals surface area contributed by atoms with Gasteiger partial charge in [0.15, 0.2) is 0 Å². The van der Waals surface area contributed by atoms with E-state index in [2.05, 4.69) is 4.74 Å². The molecule has 0 aromatic heterocycles. The zero-order valence-corrected chi connectivity index (χ0v) is 8.16. The molecule has 0 radical (unpaired) electrons. The molecule has 10 heavy (non-hydrogen) atoms. The van der Waals surface area contributed by atoms with Crippen molar-refractivity contribution < 1.29 is 14.6 Å². The molecule has 3 nitrogen and oxygen atoms in total. The van der Waals surface area contributed by atoms with E-state index in [-0.39, 0.29) is 5.97 Å². The zero-order valence-electron chi connectivity index (χ0n) is 6.00. The van der Waals surface area contributed by atoms with Crippen LogP contribution in [0.15, 0.2) is 0 Å². The summed E-state index contributed by atoms with van der Waals surface area (Å²) in [5.41, 5.74) is 0. The molecule has 60 valence electrons. The molecule has 0 saturated carbocycles. The lowest BCUT2D eigenvalue weighted by molar-refractivity contribution is -0.143. The zero-order chi connectivity index (χ0) is 8.15. The van der Waals surface area contributed by atoms with Gasteiger partial charge in [-0.1, -0.05) is 22.6 Å². The first-order valence-electron chi connectivity index (χ1n) is 3.08. The van der Waals surface area contributed by atoms with Crippen molar-refractivity contribution in [1.82, 2.24) is 0 Å². The molecule has 0 aliphatic heterocycles. The fourth-order valence-corrected chi connectivity index (χ4v) is 0.599. The molecule has 4 heteroatoms. The third-order valence-electron chi connectivity index (χ3n) is 0.935. The summed E-state index contributed by atoms with van der Waals surface area (Å²) >= 11 is 1.86. The highest BCUT2D eigenvalue weighted by molar-refractivity contribution is 14.1. The monoisotopic (exact) mass is 258 g/mol. The molecule has 0 bridgehead atoms. The number of carbonyl (C=O) groups excluding carboxylic acids is 1. The minimum absolute atomic E-state index is 0.349. The number of ether oxygens (including phenoxy) is 1. The topological polar surface area (TPSA) is 46.5 Å². The van der Waals surface area contributed by atoms with Crippen LogP contribution in [-0.2, 0) is 9.53 Å². The van der Waals surface area contributed by atoms with Gasteiger partial charge in [0.05, 0.1) is 12.7 Å². The lowest BCUT2D eigenvalue weighted by Gasteiger charge is -2.10. The Balaban J connectivity index is 3.71. The SMILES string of the molecule is CCOC(=O)C(I)C(C)O. The minimum Gasteiger partial charge on any atom is -0.465 e. The molecule has 0 spiro atoms. The number of rotatable bonds is 3.